The maximum atomic E-state index is 8.00. The van der Waals surface area contributed by atoms with Gasteiger partial charge in [0.05, 0.1) is 0 Å². The van der Waals surface area contributed by atoms with Gasteiger partial charge in [0.25, 0.3) is 0 Å². The van der Waals surface area contributed by atoms with Crippen LogP contribution in [0.1, 0.15) is 0 Å². The Morgan fingerprint density at radius 1 is 1.25 bits per heavy atom. The number of hydrogen-bond acceptors (Lipinski definition) is 2. The number of carbonyl (C=O) groups excluding carboxylic acids is 1. The summed E-state index contributed by atoms with van der Waals surface area (Å²) in [5.41, 5.74) is 0. The van der Waals surface area contributed by atoms with E-state index in [2.05, 4.69) is 0 Å². The molecule has 0 aliphatic heterocycles. The summed E-state index contributed by atoms with van der Waals surface area (Å²) in [6.45, 7) is 2.00. The molecule has 0 aromatic rings. The van der Waals surface area contributed by atoms with Crippen LogP contribution in [-0.2, 0) is 25.9 Å². The van der Waals surface area contributed by atoms with Gasteiger partial charge in [-0.25, -0.2) is 0 Å². The van der Waals surface area contributed by atoms with E-state index in [1.165, 1.54) is 0 Å². The van der Waals surface area contributed by atoms with Crippen molar-refractivity contribution in [3.63, 3.8) is 0 Å². The van der Waals surface area contributed by atoms with Gasteiger partial charge in [0.1, 0.15) is 6.79 Å². The topological polar surface area (TPSA) is 52.1 Å². The molecule has 0 aromatic carbocycles. The zero-order valence-corrected chi connectivity index (χ0v) is 4.41. The Labute approximate surface area is 39.4 Å². The minimum Gasteiger partial charge on any atom is -0.344 e. The van der Waals surface area contributed by atoms with Crippen LogP contribution in [0.4, 0.5) is 0 Å². The van der Waals surface area contributed by atoms with Crippen molar-refractivity contribution in [3.8, 4) is 0 Å². The van der Waals surface area contributed by atoms with Crippen molar-refractivity contribution in [2.75, 3.05) is 0 Å². The van der Waals surface area contributed by atoms with Crippen molar-refractivity contribution >= 4 is 6.79 Å². The first-order valence-electron chi connectivity index (χ1n) is 0.289. The van der Waals surface area contributed by atoms with E-state index < -0.39 is 0 Å². The van der Waals surface area contributed by atoms with Crippen LogP contribution < -0.4 is 6.15 Å². The Balaban J connectivity index is -0.00000000500. The van der Waals surface area contributed by atoms with E-state index in [0.29, 0.717) is 0 Å². The molecular weight excluding hydrogens is 237 g/mol. The zero-order valence-electron chi connectivity index (χ0n) is 2.14. The number of hydrogen-bond donors (Lipinski definition) is 1. The minimum absolute atomic E-state index is 0. The van der Waals surface area contributed by atoms with E-state index in [1.807, 2.05) is 6.79 Å². The van der Waals surface area contributed by atoms with Gasteiger partial charge in [-0.2, -0.15) is 0 Å². The summed E-state index contributed by atoms with van der Waals surface area (Å²) in [4.78, 5) is 8.00. The molecule has 0 aliphatic rings. The van der Waals surface area contributed by atoms with Gasteiger partial charge in [-0.15, -0.1) is 0 Å². The molecule has 0 radical (unpaired) electrons. The fraction of sp³-hybridized carbons (Fsp3) is 0. The molecule has 0 aliphatic carbocycles. The Kier molecular flexibility index (Phi) is 1200. The largest absolute Gasteiger partial charge is 0.344 e. The second-order valence-corrected chi connectivity index (χ2v) is 0. The first-order valence-corrected chi connectivity index (χ1v) is 0.289. The van der Waals surface area contributed by atoms with Crippen LogP contribution in [0.25, 0.3) is 0 Å². The van der Waals surface area contributed by atoms with Crippen LogP contribution in [-0.4, -0.2) is 6.79 Å². The fourth-order valence-corrected chi connectivity index (χ4v) is 0. The Morgan fingerprint density at radius 2 is 1.25 bits per heavy atom. The van der Waals surface area contributed by atoms with Crippen molar-refractivity contribution in [1.82, 2.24) is 6.15 Å². The van der Waals surface area contributed by atoms with E-state index in [9.17, 15) is 0 Å². The second kappa shape index (κ2) is 176. The maximum absolute atomic E-state index is 8.00. The molecule has 0 heterocycles. The van der Waals surface area contributed by atoms with Crippen LogP contribution in [0.3, 0.4) is 0 Å². The molecule has 0 saturated carbocycles. The van der Waals surface area contributed by atoms with Gasteiger partial charge in [-0.3, -0.25) is 0 Å². The molecule has 3 N–H and O–H groups in total. The molecule has 0 rings (SSSR count). The van der Waals surface area contributed by atoms with E-state index in [1.54, 1.807) is 0 Å². The molecule has 0 aromatic heterocycles. The summed E-state index contributed by atoms with van der Waals surface area (Å²) in [5, 5.41) is 0. The van der Waals surface area contributed by atoms with Crippen LogP contribution in [0.5, 0.6) is 0 Å². The predicted octanol–water partition coefficient (Wildman–Crippen LogP) is -0.0254. The SMILES string of the molecule is C=O.N.[Pt]. The number of rotatable bonds is 0. The molecular formula is CH5NOPt. The Hall–Kier alpha value is 0.318. The molecule has 0 spiro atoms. The molecule has 0 fully saturated rings. The molecule has 4 heavy (non-hydrogen) atoms. The van der Waals surface area contributed by atoms with Gasteiger partial charge in [0.2, 0.25) is 0 Å². The maximum Gasteiger partial charge on any atom is 0.106 e. The Morgan fingerprint density at radius 3 is 1.25 bits per heavy atom. The normalized spacial score (nSPS) is 1.00. The quantitative estimate of drug-likeness (QED) is 0.648. The van der Waals surface area contributed by atoms with Crippen molar-refractivity contribution in [2.24, 2.45) is 0 Å². The van der Waals surface area contributed by atoms with E-state index in [-0.39, 0.29) is 27.2 Å². The summed E-state index contributed by atoms with van der Waals surface area (Å²) in [5.74, 6) is 0. The van der Waals surface area contributed by atoms with Crippen LogP contribution in [0.15, 0.2) is 0 Å². The third-order valence-corrected chi connectivity index (χ3v) is 0. The molecule has 3 heteroatoms. The van der Waals surface area contributed by atoms with Gasteiger partial charge < -0.3 is 10.9 Å². The van der Waals surface area contributed by atoms with Gasteiger partial charge in [-0.1, -0.05) is 0 Å². The summed E-state index contributed by atoms with van der Waals surface area (Å²) in [6.07, 6.45) is 0. The van der Waals surface area contributed by atoms with Crippen molar-refractivity contribution in [1.29, 1.82) is 0 Å². The van der Waals surface area contributed by atoms with E-state index >= 15 is 0 Å². The predicted molar refractivity (Wildman–Crippen MR) is 12.1 cm³/mol. The van der Waals surface area contributed by atoms with Gasteiger partial charge in [-0.05, 0) is 0 Å². The molecule has 0 bridgehead atoms. The fourth-order valence-electron chi connectivity index (χ4n) is 0. The zero-order chi connectivity index (χ0) is 2.00. The third-order valence-electron chi connectivity index (χ3n) is 0. The summed E-state index contributed by atoms with van der Waals surface area (Å²) >= 11 is 0. The van der Waals surface area contributed by atoms with Crippen LogP contribution in [0, 0.1) is 0 Å². The average Bonchev–Trinajstić information content (AvgIpc) is 1.00. The Bertz CT molecular complexity index is 8.00. The monoisotopic (exact) mass is 242 g/mol. The van der Waals surface area contributed by atoms with E-state index in [0.717, 1.165) is 0 Å². The van der Waals surface area contributed by atoms with E-state index in [4.69, 9.17) is 4.79 Å². The van der Waals surface area contributed by atoms with Crippen LogP contribution >= 0.6 is 0 Å². The first-order chi connectivity index (χ1) is 1.00. The first kappa shape index (κ1) is 27.4. The standard InChI is InChI=1S/CH2O.H3N.Pt/c1-2;;/h1H2;1H3;. The smallest absolute Gasteiger partial charge is 0.106 e. The molecule has 0 unspecified atom stereocenters. The average molecular weight is 242 g/mol. The molecule has 0 amide bonds. The second-order valence-electron chi connectivity index (χ2n) is 0. The van der Waals surface area contributed by atoms with Gasteiger partial charge in [0, 0.05) is 21.1 Å². The third kappa shape index (κ3) is 39.8. The molecule has 2 nitrogen and oxygen atoms in total. The molecule has 0 saturated heterocycles. The van der Waals surface area contributed by atoms with Crippen molar-refractivity contribution < 1.29 is 25.9 Å². The van der Waals surface area contributed by atoms with Crippen molar-refractivity contribution in [2.45, 2.75) is 0 Å². The summed E-state index contributed by atoms with van der Waals surface area (Å²) in [6, 6.07) is 0. The molecule has 0 atom stereocenters. The molecule has 30 valence electrons. The minimum atomic E-state index is 0. The summed E-state index contributed by atoms with van der Waals surface area (Å²) < 4.78 is 0. The summed E-state index contributed by atoms with van der Waals surface area (Å²) in [7, 11) is 0. The van der Waals surface area contributed by atoms with Crippen molar-refractivity contribution in [3.05, 3.63) is 0 Å². The van der Waals surface area contributed by atoms with Gasteiger partial charge >= 0.3 is 0 Å². The number of carbonyl (C=O) groups is 1. The van der Waals surface area contributed by atoms with Gasteiger partial charge in [0.15, 0.2) is 0 Å². The van der Waals surface area contributed by atoms with Crippen LogP contribution in [0.2, 0.25) is 0 Å².